The molecule has 1 rings (SSSR count). The molecule has 0 aliphatic carbocycles. The van der Waals surface area contributed by atoms with Gasteiger partial charge in [0.05, 0.1) is 0 Å². The van der Waals surface area contributed by atoms with Crippen LogP contribution in [0.3, 0.4) is 0 Å². The zero-order chi connectivity index (χ0) is 5.11. The third kappa shape index (κ3) is 1.12. The molecule has 0 aliphatic rings. The first kappa shape index (κ1) is 5.01. The molecule has 0 fully saturated rings. The molecule has 1 heterocycles. The summed E-state index contributed by atoms with van der Waals surface area (Å²) in [4.78, 5) is 2.13. The van der Waals surface area contributed by atoms with E-state index in [0.29, 0.717) is 0 Å². The Hall–Kier alpha value is -0.131. The zero-order valence-corrected chi connectivity index (χ0v) is 6.72. The van der Waals surface area contributed by atoms with Crippen LogP contribution in [0.15, 0.2) is 6.33 Å². The van der Waals surface area contributed by atoms with Crippen LogP contribution in [0.2, 0.25) is 4.94 Å². The van der Waals surface area contributed by atoms with Gasteiger partial charge in [0, 0.05) is 0 Å². The molecule has 0 atom stereocenters. The molecular formula is C2H4N4Sn. The number of rotatable bonds is 1. The number of hydrogen-bond donors (Lipinski definition) is 0. The molecule has 0 spiro atoms. The fraction of sp³-hybridized carbons (Fsp3) is 0.500. The van der Waals surface area contributed by atoms with Crippen molar-refractivity contribution in [1.29, 1.82) is 0 Å². The molecule has 0 saturated heterocycles. The average molecular weight is 203 g/mol. The van der Waals surface area contributed by atoms with Gasteiger partial charge in [-0.3, -0.25) is 0 Å². The summed E-state index contributed by atoms with van der Waals surface area (Å²) >= 11 is -0.464. The van der Waals surface area contributed by atoms with Gasteiger partial charge in [-0.25, -0.2) is 0 Å². The molecule has 0 saturated carbocycles. The fourth-order valence-electron chi connectivity index (χ4n) is 0.270. The van der Waals surface area contributed by atoms with Gasteiger partial charge in [0.15, 0.2) is 0 Å². The summed E-state index contributed by atoms with van der Waals surface area (Å²) in [5.74, 6) is 0. The van der Waals surface area contributed by atoms with Crippen LogP contribution in [0.4, 0.5) is 0 Å². The third-order valence-corrected chi connectivity index (χ3v) is 2.28. The van der Waals surface area contributed by atoms with Gasteiger partial charge in [0.25, 0.3) is 0 Å². The van der Waals surface area contributed by atoms with Crippen LogP contribution in [0.25, 0.3) is 0 Å². The van der Waals surface area contributed by atoms with E-state index in [2.05, 4.69) is 20.4 Å². The summed E-state index contributed by atoms with van der Waals surface area (Å²) in [6.07, 6.45) is 1.46. The normalized spacial score (nSPS) is 9.29. The second-order valence-corrected chi connectivity index (χ2v) is 3.37. The van der Waals surface area contributed by atoms with Crippen molar-refractivity contribution in [3.05, 3.63) is 6.33 Å². The Labute approximate surface area is 51.5 Å². The van der Waals surface area contributed by atoms with Crippen molar-refractivity contribution in [2.24, 2.45) is 0 Å². The number of aromatic nitrogens is 4. The van der Waals surface area contributed by atoms with Gasteiger partial charge in [-0.2, -0.15) is 0 Å². The van der Waals surface area contributed by atoms with Crippen molar-refractivity contribution in [3.8, 4) is 0 Å². The van der Waals surface area contributed by atoms with Crippen LogP contribution >= 0.6 is 0 Å². The maximum atomic E-state index is 3.80. The Morgan fingerprint density at radius 3 is 2.86 bits per heavy atom. The van der Waals surface area contributed by atoms with E-state index >= 15 is 0 Å². The predicted octanol–water partition coefficient (Wildman–Crippen LogP) is -0.812. The van der Waals surface area contributed by atoms with E-state index in [1.807, 2.05) is 0 Å². The molecule has 1 aromatic rings. The minimum absolute atomic E-state index is 0.464. The second kappa shape index (κ2) is 2.25. The molecule has 0 aliphatic heterocycles. The first-order valence-electron chi connectivity index (χ1n) is 1.84. The Balaban J connectivity index is 2.76. The molecule has 5 heteroatoms. The van der Waals surface area contributed by atoms with Crippen LogP contribution < -0.4 is 0 Å². The van der Waals surface area contributed by atoms with Gasteiger partial charge in [-0.1, -0.05) is 0 Å². The van der Waals surface area contributed by atoms with E-state index in [1.54, 1.807) is 3.02 Å². The van der Waals surface area contributed by atoms with Crippen molar-refractivity contribution in [3.63, 3.8) is 0 Å². The minimum atomic E-state index is -0.464. The van der Waals surface area contributed by atoms with Gasteiger partial charge in [-0.05, 0) is 0 Å². The van der Waals surface area contributed by atoms with Crippen molar-refractivity contribution in [1.82, 2.24) is 18.4 Å². The van der Waals surface area contributed by atoms with Crippen LogP contribution in [0, 0.1) is 0 Å². The van der Waals surface area contributed by atoms with Gasteiger partial charge >= 0.3 is 51.1 Å². The number of tetrazole rings is 1. The van der Waals surface area contributed by atoms with Gasteiger partial charge in [0.1, 0.15) is 0 Å². The predicted molar refractivity (Wildman–Crippen MR) is 24.8 cm³/mol. The van der Waals surface area contributed by atoms with E-state index in [9.17, 15) is 0 Å². The van der Waals surface area contributed by atoms with E-state index in [0.717, 1.165) is 0 Å². The topological polar surface area (TPSA) is 43.6 Å². The summed E-state index contributed by atoms with van der Waals surface area (Å²) in [5, 5.41) is 11.0. The molecule has 0 N–H and O–H groups in total. The Morgan fingerprint density at radius 1 is 1.71 bits per heavy atom. The fourth-order valence-corrected chi connectivity index (χ4v) is 1.15. The molecule has 0 unspecified atom stereocenters. The Morgan fingerprint density at radius 2 is 2.57 bits per heavy atom. The molecule has 7 heavy (non-hydrogen) atoms. The molecule has 0 bridgehead atoms. The average Bonchev–Trinajstić information content (AvgIpc) is 2.14. The summed E-state index contributed by atoms with van der Waals surface area (Å²) in [6.45, 7) is 0. The molecule has 0 aromatic carbocycles. The zero-order valence-electron chi connectivity index (χ0n) is 3.87. The van der Waals surface area contributed by atoms with E-state index in [-0.39, 0.29) is 0 Å². The van der Waals surface area contributed by atoms with Crippen LogP contribution in [0.5, 0.6) is 0 Å². The molecule has 1 aromatic heterocycles. The second-order valence-electron chi connectivity index (χ2n) is 0.949. The number of hydrogen-bond acceptors (Lipinski definition) is 3. The summed E-state index contributed by atoms with van der Waals surface area (Å²) in [7, 11) is 0. The van der Waals surface area contributed by atoms with Crippen molar-refractivity contribution < 1.29 is 0 Å². The monoisotopic (exact) mass is 204 g/mol. The third-order valence-electron chi connectivity index (χ3n) is 0.549. The van der Waals surface area contributed by atoms with Crippen LogP contribution in [0.1, 0.15) is 0 Å². The summed E-state index contributed by atoms with van der Waals surface area (Å²) < 4.78 is 1.68. The van der Waals surface area contributed by atoms with Crippen LogP contribution in [-0.4, -0.2) is 39.8 Å². The SMILES string of the molecule is [CH3][Sn][n]1ncnn1. The van der Waals surface area contributed by atoms with Gasteiger partial charge in [-0.15, -0.1) is 0 Å². The standard InChI is InChI=1S/CHN4.CH3.Sn/c1-2-4-5-3-1;;/h1H;1H3;/q-1;;+1. The Kier molecular flexibility index (Phi) is 1.61. The van der Waals surface area contributed by atoms with E-state index in [4.69, 9.17) is 0 Å². The van der Waals surface area contributed by atoms with E-state index in [1.165, 1.54) is 6.33 Å². The molecule has 36 valence electrons. The first-order valence-corrected chi connectivity index (χ1v) is 5.97. The van der Waals surface area contributed by atoms with E-state index < -0.39 is 21.4 Å². The summed E-state index contributed by atoms with van der Waals surface area (Å²) in [6, 6.07) is 0. The molecular weight excluding hydrogens is 199 g/mol. The quantitative estimate of drug-likeness (QED) is 0.560. The molecule has 4 nitrogen and oxygen atoms in total. The van der Waals surface area contributed by atoms with Crippen molar-refractivity contribution >= 4 is 21.4 Å². The van der Waals surface area contributed by atoms with Crippen molar-refractivity contribution in [2.45, 2.75) is 4.94 Å². The molecule has 2 radical (unpaired) electrons. The first-order chi connectivity index (χ1) is 3.43. The summed E-state index contributed by atoms with van der Waals surface area (Å²) in [5.41, 5.74) is 0. The Bertz CT molecular complexity index is 124. The number of nitrogens with zero attached hydrogens (tertiary/aromatic N) is 4. The van der Waals surface area contributed by atoms with Gasteiger partial charge < -0.3 is 0 Å². The van der Waals surface area contributed by atoms with Crippen LogP contribution in [-0.2, 0) is 0 Å². The molecule has 0 amide bonds. The van der Waals surface area contributed by atoms with Crippen molar-refractivity contribution in [2.75, 3.05) is 0 Å². The maximum absolute atomic E-state index is 3.80. The van der Waals surface area contributed by atoms with Gasteiger partial charge in [0.2, 0.25) is 0 Å².